The van der Waals surface area contributed by atoms with Crippen molar-refractivity contribution in [2.24, 2.45) is 17.8 Å². The maximum Gasteiger partial charge on any atom is 0.420 e. The second-order valence-electron chi connectivity index (χ2n) is 15.6. The molecule has 0 bridgehead atoms. The molecule has 11 atom stereocenters. The van der Waals surface area contributed by atoms with Crippen LogP contribution in [0, 0.1) is 17.8 Å². The van der Waals surface area contributed by atoms with Crippen molar-refractivity contribution >= 4 is 29.6 Å². The predicted molar refractivity (Wildman–Crippen MR) is 206 cm³/mol. The van der Waals surface area contributed by atoms with E-state index in [1.807, 2.05) is 25.9 Å². The summed E-state index contributed by atoms with van der Waals surface area (Å²) in [7, 11) is 5.22. The SMILES string of the molecule is CC[C@@H]1OC(=O)C(C)C(=O)C(C)[C@@H](OC2OC(C)CC(N(C)C)[C@H]2OC(=O)c2ccccc2)[C@@](C)(OC)C[C@@H](C)C(=O)/C(C)=C/C1(CC)OC(=O)n1ccnc1. The Bertz CT molecular complexity index is 1710. The minimum atomic E-state index is -1.57. The van der Waals surface area contributed by atoms with Crippen molar-refractivity contribution < 1.29 is 52.4 Å². The number of hydrogen-bond acceptors (Lipinski definition) is 13. The summed E-state index contributed by atoms with van der Waals surface area (Å²) in [6.45, 7) is 13.6. The lowest BCUT2D eigenvalue weighted by Gasteiger charge is -2.47. The quantitative estimate of drug-likeness (QED) is 0.170. The summed E-state index contributed by atoms with van der Waals surface area (Å²) in [4.78, 5) is 75.4. The Hall–Kier alpha value is -4.24. The van der Waals surface area contributed by atoms with Crippen LogP contribution in [0.25, 0.3) is 0 Å². The summed E-state index contributed by atoms with van der Waals surface area (Å²) in [5.41, 5.74) is -2.26. The molecule has 1 aromatic carbocycles. The van der Waals surface area contributed by atoms with Crippen LogP contribution in [-0.2, 0) is 42.8 Å². The maximum atomic E-state index is 14.5. The van der Waals surface area contributed by atoms with E-state index in [1.54, 1.807) is 78.0 Å². The average Bonchev–Trinajstić information content (AvgIpc) is 3.73. The van der Waals surface area contributed by atoms with Crippen LogP contribution in [0.15, 0.2) is 60.7 Å². The van der Waals surface area contributed by atoms with E-state index >= 15 is 0 Å². The molecule has 0 N–H and O–H groups in total. The third-order valence-corrected chi connectivity index (χ3v) is 11.3. The Balaban J connectivity index is 1.80. The molecule has 14 heteroatoms. The van der Waals surface area contributed by atoms with E-state index in [0.717, 1.165) is 4.57 Å². The van der Waals surface area contributed by atoms with Crippen molar-refractivity contribution in [3.8, 4) is 0 Å². The molecule has 1 aromatic heterocycles. The second kappa shape index (κ2) is 18.8. The number of benzene rings is 1. The largest absolute Gasteiger partial charge is 0.457 e. The third kappa shape index (κ3) is 9.82. The van der Waals surface area contributed by atoms with Crippen LogP contribution in [0.3, 0.4) is 0 Å². The van der Waals surface area contributed by atoms with Gasteiger partial charge in [-0.2, -0.15) is 0 Å². The molecule has 0 aliphatic carbocycles. The molecule has 4 rings (SSSR count). The zero-order valence-electron chi connectivity index (χ0n) is 34.6. The first-order valence-corrected chi connectivity index (χ1v) is 19.4. The van der Waals surface area contributed by atoms with Crippen molar-refractivity contribution in [1.29, 1.82) is 0 Å². The highest BCUT2D eigenvalue weighted by molar-refractivity contribution is 6.00. The Morgan fingerprint density at radius 2 is 1.73 bits per heavy atom. The number of allylic oxidation sites excluding steroid dienone is 1. The monoisotopic (exact) mass is 781 g/mol. The maximum absolute atomic E-state index is 14.5. The number of aromatic nitrogens is 2. The Morgan fingerprint density at radius 1 is 1.05 bits per heavy atom. The van der Waals surface area contributed by atoms with Gasteiger partial charge in [-0.25, -0.2) is 19.1 Å². The molecule has 1 saturated heterocycles. The molecule has 308 valence electrons. The molecule has 0 saturated carbocycles. The molecule has 3 heterocycles. The van der Waals surface area contributed by atoms with E-state index in [9.17, 15) is 24.0 Å². The van der Waals surface area contributed by atoms with E-state index < -0.39 is 77.4 Å². The number of Topliss-reactive ketones (excluding diaryl/α,β-unsaturated/α-hetero) is 2. The molecule has 14 nitrogen and oxygen atoms in total. The molecular weight excluding hydrogens is 722 g/mol. The summed E-state index contributed by atoms with van der Waals surface area (Å²) >= 11 is 0. The van der Waals surface area contributed by atoms with Crippen molar-refractivity contribution in [3.05, 3.63) is 66.3 Å². The number of methoxy groups -OCH3 is 1. The number of esters is 2. The molecule has 0 spiro atoms. The van der Waals surface area contributed by atoms with Gasteiger partial charge in [0, 0.05) is 31.3 Å². The second-order valence-corrected chi connectivity index (χ2v) is 15.6. The van der Waals surface area contributed by atoms with Crippen LogP contribution in [0.1, 0.15) is 91.4 Å². The van der Waals surface area contributed by atoms with Gasteiger partial charge in [0.1, 0.15) is 18.3 Å². The fraction of sp³-hybridized carbons (Fsp3) is 0.619. The Morgan fingerprint density at radius 3 is 2.30 bits per heavy atom. The van der Waals surface area contributed by atoms with Gasteiger partial charge in [0.25, 0.3) is 0 Å². The highest BCUT2D eigenvalue weighted by Crippen LogP contribution is 2.39. The van der Waals surface area contributed by atoms with E-state index in [4.69, 9.17) is 28.4 Å². The third-order valence-electron chi connectivity index (χ3n) is 11.3. The van der Waals surface area contributed by atoms with Crippen molar-refractivity contribution in [3.63, 3.8) is 0 Å². The fourth-order valence-corrected chi connectivity index (χ4v) is 7.91. The van der Waals surface area contributed by atoms with Crippen molar-refractivity contribution in [2.45, 2.75) is 129 Å². The van der Waals surface area contributed by atoms with Gasteiger partial charge in [-0.1, -0.05) is 45.9 Å². The molecule has 1 fully saturated rings. The summed E-state index contributed by atoms with van der Waals surface area (Å²) in [6, 6.07) is 8.26. The molecular formula is C42H59N3O11. The number of ketones is 2. The topological polar surface area (TPSA) is 162 Å². The fourth-order valence-electron chi connectivity index (χ4n) is 7.91. The summed E-state index contributed by atoms with van der Waals surface area (Å²) in [6.07, 6.45) is 1.25. The summed E-state index contributed by atoms with van der Waals surface area (Å²) in [5.74, 6) is -5.20. The van der Waals surface area contributed by atoms with Gasteiger partial charge in [-0.15, -0.1) is 0 Å². The molecule has 56 heavy (non-hydrogen) atoms. The van der Waals surface area contributed by atoms with Crippen LogP contribution in [0.4, 0.5) is 4.79 Å². The minimum absolute atomic E-state index is 0.0770. The smallest absolute Gasteiger partial charge is 0.420 e. The Labute approximate surface area is 330 Å². The first-order chi connectivity index (χ1) is 26.4. The van der Waals surface area contributed by atoms with Gasteiger partial charge in [0.2, 0.25) is 0 Å². The van der Waals surface area contributed by atoms with Gasteiger partial charge in [0.05, 0.1) is 29.4 Å². The number of likely N-dealkylation sites (N-methyl/N-ethyl adjacent to an activating group) is 1. The van der Waals surface area contributed by atoms with Gasteiger partial charge in [0.15, 0.2) is 29.6 Å². The predicted octanol–water partition coefficient (Wildman–Crippen LogP) is 5.82. The van der Waals surface area contributed by atoms with Crippen LogP contribution in [0.2, 0.25) is 0 Å². The van der Waals surface area contributed by atoms with Crippen LogP contribution in [-0.4, -0.2) is 113 Å². The first-order valence-electron chi connectivity index (χ1n) is 19.4. The lowest BCUT2D eigenvalue weighted by molar-refractivity contribution is -0.294. The van der Waals surface area contributed by atoms with Crippen molar-refractivity contribution in [1.82, 2.24) is 14.5 Å². The number of nitrogens with zero attached hydrogens (tertiary/aromatic N) is 3. The standard InChI is InChI=1S/C42H59N3O11/c1-12-32-42(13-2,56-40(50)45-20-19-43-24-45)23-26(4)33(46)25(3)22-41(8,51-11)36(28(6)34(47)29(7)37(48)53-32)55-39-35(31(44(9)10)21-27(5)52-39)54-38(49)30-17-15-14-16-18-30/h14-20,23-25,27-29,31-32,35-36,39H,12-13,21-22H2,1-11H3/b26-23+/t25-,27?,28?,29?,31?,32+,35-,36-,39?,41+,42?/m1/s1. The zero-order valence-corrected chi connectivity index (χ0v) is 34.6. The number of rotatable bonds is 9. The summed E-state index contributed by atoms with van der Waals surface area (Å²) < 4.78 is 38.8. The van der Waals surface area contributed by atoms with Crippen molar-refractivity contribution in [2.75, 3.05) is 21.2 Å². The molecule has 2 aliphatic heterocycles. The highest BCUT2D eigenvalue weighted by atomic mass is 16.7. The molecule has 0 amide bonds. The van der Waals surface area contributed by atoms with Gasteiger partial charge >= 0.3 is 18.0 Å². The number of cyclic esters (lactones) is 1. The number of carbonyl (C=O) groups excluding carboxylic acids is 5. The van der Waals surface area contributed by atoms with E-state index in [1.165, 1.54) is 32.8 Å². The number of imidazole rings is 1. The van der Waals surface area contributed by atoms with E-state index in [0.29, 0.717) is 12.0 Å². The molecule has 2 aromatic rings. The zero-order chi connectivity index (χ0) is 41.5. The first kappa shape index (κ1) is 44.5. The van der Waals surface area contributed by atoms with Gasteiger partial charge in [-0.3, -0.25) is 14.4 Å². The van der Waals surface area contributed by atoms with Crippen LogP contribution < -0.4 is 0 Å². The molecule has 6 unspecified atom stereocenters. The van der Waals surface area contributed by atoms with Crippen LogP contribution in [0.5, 0.6) is 0 Å². The number of carbonyl (C=O) groups is 5. The normalized spacial score (nSPS) is 34.5. The summed E-state index contributed by atoms with van der Waals surface area (Å²) in [5, 5.41) is 0. The number of ether oxygens (including phenoxy) is 6. The minimum Gasteiger partial charge on any atom is -0.457 e. The van der Waals surface area contributed by atoms with Gasteiger partial charge in [-0.05, 0) is 91.3 Å². The lowest BCUT2D eigenvalue weighted by Crippen LogP contribution is -2.60. The van der Waals surface area contributed by atoms with E-state index in [-0.39, 0.29) is 42.8 Å². The molecule has 0 radical (unpaired) electrons. The molecule has 2 aliphatic rings. The average molecular weight is 782 g/mol. The van der Waals surface area contributed by atoms with Crippen LogP contribution >= 0.6 is 0 Å². The number of hydrogen-bond donors (Lipinski definition) is 0. The van der Waals surface area contributed by atoms with Gasteiger partial charge < -0.3 is 33.3 Å². The lowest BCUT2D eigenvalue weighted by atomic mass is 9.76. The van der Waals surface area contributed by atoms with E-state index in [2.05, 4.69) is 4.98 Å². The highest BCUT2D eigenvalue weighted by Gasteiger charge is 2.51. The Kier molecular flexibility index (Phi) is 14.9.